The van der Waals surface area contributed by atoms with Crippen LogP contribution in [0.1, 0.15) is 16.1 Å². The van der Waals surface area contributed by atoms with Crippen molar-refractivity contribution in [2.24, 2.45) is 0 Å². The van der Waals surface area contributed by atoms with Gasteiger partial charge < -0.3 is 5.11 Å². The topological polar surface area (TPSA) is 76.0 Å². The number of carbonyl (C=O) groups is 1. The standard InChI is InChI=1S/C15H10ClN3O2/c1-8-14(18-5-4-17-8)13-7-11(15(20)21)10-3-2-9(16)6-12(10)19-13/h2-7H,1H3,(H,20,21). The number of nitrogens with zero attached hydrogens (tertiary/aromatic N) is 3. The van der Waals surface area contributed by atoms with Gasteiger partial charge in [-0.05, 0) is 25.1 Å². The van der Waals surface area contributed by atoms with Crippen molar-refractivity contribution in [3.63, 3.8) is 0 Å². The highest BCUT2D eigenvalue weighted by molar-refractivity contribution is 6.31. The van der Waals surface area contributed by atoms with Gasteiger partial charge in [0.15, 0.2) is 0 Å². The van der Waals surface area contributed by atoms with Crippen molar-refractivity contribution in [1.82, 2.24) is 15.0 Å². The molecule has 0 amide bonds. The van der Waals surface area contributed by atoms with Crippen LogP contribution in [-0.2, 0) is 0 Å². The fourth-order valence-electron chi connectivity index (χ4n) is 2.16. The molecular formula is C15H10ClN3O2. The van der Waals surface area contributed by atoms with Crippen LogP contribution in [0.3, 0.4) is 0 Å². The summed E-state index contributed by atoms with van der Waals surface area (Å²) in [5.41, 5.74) is 2.39. The summed E-state index contributed by atoms with van der Waals surface area (Å²) >= 11 is 5.96. The highest BCUT2D eigenvalue weighted by Crippen LogP contribution is 2.26. The first kappa shape index (κ1) is 13.5. The van der Waals surface area contributed by atoms with Crippen LogP contribution in [0.25, 0.3) is 22.3 Å². The fraction of sp³-hybridized carbons (Fsp3) is 0.0667. The van der Waals surface area contributed by atoms with E-state index in [1.807, 2.05) is 0 Å². The van der Waals surface area contributed by atoms with E-state index in [4.69, 9.17) is 11.6 Å². The Labute approximate surface area is 125 Å². The van der Waals surface area contributed by atoms with Gasteiger partial charge in [0.1, 0.15) is 5.69 Å². The monoisotopic (exact) mass is 299 g/mol. The first-order valence-corrected chi connectivity index (χ1v) is 6.55. The molecular weight excluding hydrogens is 290 g/mol. The minimum absolute atomic E-state index is 0.164. The lowest BCUT2D eigenvalue weighted by Gasteiger charge is -2.08. The molecule has 2 aromatic heterocycles. The van der Waals surface area contributed by atoms with Crippen LogP contribution >= 0.6 is 11.6 Å². The molecule has 0 atom stereocenters. The summed E-state index contributed by atoms with van der Waals surface area (Å²) in [5, 5.41) is 10.4. The maximum atomic E-state index is 11.5. The number of fused-ring (bicyclic) bond motifs is 1. The number of aryl methyl sites for hydroxylation is 1. The van der Waals surface area contributed by atoms with Crippen LogP contribution in [0.15, 0.2) is 36.7 Å². The smallest absolute Gasteiger partial charge is 0.336 e. The molecule has 104 valence electrons. The average Bonchev–Trinajstić information content (AvgIpc) is 2.46. The first-order valence-electron chi connectivity index (χ1n) is 6.18. The van der Waals surface area contributed by atoms with Crippen LogP contribution in [0.5, 0.6) is 0 Å². The Morgan fingerprint density at radius 3 is 2.67 bits per heavy atom. The molecule has 0 spiro atoms. The second-order valence-corrected chi connectivity index (χ2v) is 4.95. The van der Waals surface area contributed by atoms with E-state index >= 15 is 0 Å². The summed E-state index contributed by atoms with van der Waals surface area (Å²) in [6.07, 6.45) is 3.13. The highest BCUT2D eigenvalue weighted by Gasteiger charge is 2.15. The van der Waals surface area contributed by atoms with E-state index < -0.39 is 5.97 Å². The first-order chi connectivity index (χ1) is 10.1. The van der Waals surface area contributed by atoms with Crippen molar-refractivity contribution in [3.8, 4) is 11.4 Å². The van der Waals surface area contributed by atoms with E-state index in [-0.39, 0.29) is 5.56 Å². The molecule has 3 rings (SSSR count). The van der Waals surface area contributed by atoms with Gasteiger partial charge in [-0.15, -0.1) is 0 Å². The molecule has 0 saturated heterocycles. The van der Waals surface area contributed by atoms with Crippen molar-refractivity contribution in [3.05, 3.63) is 52.9 Å². The molecule has 0 unspecified atom stereocenters. The third-order valence-corrected chi connectivity index (χ3v) is 3.36. The van der Waals surface area contributed by atoms with Crippen molar-refractivity contribution >= 4 is 28.5 Å². The van der Waals surface area contributed by atoms with Gasteiger partial charge in [-0.2, -0.15) is 0 Å². The van der Waals surface area contributed by atoms with Crippen LogP contribution in [0, 0.1) is 6.92 Å². The predicted octanol–water partition coefficient (Wildman–Crippen LogP) is 3.35. The fourth-order valence-corrected chi connectivity index (χ4v) is 2.33. The SMILES string of the molecule is Cc1nccnc1-c1cc(C(=O)O)c2ccc(Cl)cc2n1. The lowest BCUT2D eigenvalue weighted by atomic mass is 10.1. The molecule has 6 heteroatoms. The van der Waals surface area contributed by atoms with E-state index in [1.54, 1.807) is 37.5 Å². The summed E-state index contributed by atoms with van der Waals surface area (Å²) in [5.74, 6) is -1.02. The number of carboxylic acid groups (broad SMARTS) is 1. The van der Waals surface area contributed by atoms with Crippen molar-refractivity contribution in [1.29, 1.82) is 0 Å². The van der Waals surface area contributed by atoms with E-state index in [0.29, 0.717) is 33.0 Å². The zero-order chi connectivity index (χ0) is 15.0. The summed E-state index contributed by atoms with van der Waals surface area (Å²) in [6, 6.07) is 6.45. The van der Waals surface area contributed by atoms with Gasteiger partial charge in [-0.25, -0.2) is 9.78 Å². The molecule has 3 aromatic rings. The van der Waals surface area contributed by atoms with Gasteiger partial charge >= 0.3 is 5.97 Å². The largest absolute Gasteiger partial charge is 0.478 e. The summed E-state index contributed by atoms with van der Waals surface area (Å²) in [4.78, 5) is 24.3. The molecule has 2 heterocycles. The Morgan fingerprint density at radius 2 is 1.95 bits per heavy atom. The molecule has 0 aliphatic heterocycles. The lowest BCUT2D eigenvalue weighted by Crippen LogP contribution is -2.02. The second kappa shape index (κ2) is 5.10. The predicted molar refractivity (Wildman–Crippen MR) is 79.5 cm³/mol. The quantitative estimate of drug-likeness (QED) is 0.785. The van der Waals surface area contributed by atoms with Crippen molar-refractivity contribution in [2.45, 2.75) is 6.92 Å². The third kappa shape index (κ3) is 2.43. The Bertz CT molecular complexity index is 865. The molecule has 5 nitrogen and oxygen atoms in total. The number of carboxylic acids is 1. The van der Waals surface area contributed by atoms with E-state index in [1.165, 1.54) is 6.07 Å². The van der Waals surface area contributed by atoms with Crippen LogP contribution < -0.4 is 0 Å². The number of hydrogen-bond donors (Lipinski definition) is 1. The number of rotatable bonds is 2. The second-order valence-electron chi connectivity index (χ2n) is 4.51. The number of pyridine rings is 1. The normalized spacial score (nSPS) is 10.8. The van der Waals surface area contributed by atoms with E-state index in [0.717, 1.165) is 0 Å². The van der Waals surface area contributed by atoms with E-state index in [2.05, 4.69) is 15.0 Å². The molecule has 21 heavy (non-hydrogen) atoms. The molecule has 0 aliphatic carbocycles. The number of aromatic carboxylic acids is 1. The van der Waals surface area contributed by atoms with Gasteiger partial charge in [-0.1, -0.05) is 17.7 Å². The number of benzene rings is 1. The Hall–Kier alpha value is -2.53. The zero-order valence-corrected chi connectivity index (χ0v) is 11.8. The minimum Gasteiger partial charge on any atom is -0.478 e. The van der Waals surface area contributed by atoms with Crippen LogP contribution in [0.2, 0.25) is 5.02 Å². The Kier molecular flexibility index (Phi) is 3.27. The molecule has 0 aliphatic rings. The van der Waals surface area contributed by atoms with Crippen LogP contribution in [-0.4, -0.2) is 26.0 Å². The van der Waals surface area contributed by atoms with Gasteiger partial charge in [0, 0.05) is 22.8 Å². The van der Waals surface area contributed by atoms with Gasteiger partial charge in [0.05, 0.1) is 22.5 Å². The lowest BCUT2D eigenvalue weighted by molar-refractivity contribution is 0.0699. The number of hydrogen-bond acceptors (Lipinski definition) is 4. The minimum atomic E-state index is -1.02. The molecule has 0 fully saturated rings. The Morgan fingerprint density at radius 1 is 1.19 bits per heavy atom. The molecule has 0 bridgehead atoms. The van der Waals surface area contributed by atoms with Crippen molar-refractivity contribution < 1.29 is 9.90 Å². The molecule has 0 radical (unpaired) electrons. The third-order valence-electron chi connectivity index (χ3n) is 3.13. The summed E-state index contributed by atoms with van der Waals surface area (Å²) < 4.78 is 0. The zero-order valence-electron chi connectivity index (χ0n) is 11.0. The number of halogens is 1. The van der Waals surface area contributed by atoms with Gasteiger partial charge in [0.2, 0.25) is 0 Å². The van der Waals surface area contributed by atoms with Crippen molar-refractivity contribution in [2.75, 3.05) is 0 Å². The van der Waals surface area contributed by atoms with Gasteiger partial charge in [-0.3, -0.25) is 9.97 Å². The van der Waals surface area contributed by atoms with E-state index in [9.17, 15) is 9.90 Å². The highest BCUT2D eigenvalue weighted by atomic mass is 35.5. The molecule has 1 aromatic carbocycles. The maximum absolute atomic E-state index is 11.5. The molecule has 0 saturated carbocycles. The summed E-state index contributed by atoms with van der Waals surface area (Å²) in [7, 11) is 0. The summed E-state index contributed by atoms with van der Waals surface area (Å²) in [6.45, 7) is 1.80. The number of aromatic nitrogens is 3. The maximum Gasteiger partial charge on any atom is 0.336 e. The van der Waals surface area contributed by atoms with Gasteiger partial charge in [0.25, 0.3) is 0 Å². The average molecular weight is 300 g/mol. The Balaban J connectivity index is 2.35. The van der Waals surface area contributed by atoms with Crippen LogP contribution in [0.4, 0.5) is 0 Å². The molecule has 1 N–H and O–H groups in total.